The van der Waals surface area contributed by atoms with Gasteiger partial charge in [0, 0.05) is 7.11 Å². The van der Waals surface area contributed by atoms with Crippen LogP contribution in [0.2, 0.25) is 0 Å². The quantitative estimate of drug-likeness (QED) is 0.608. The topological polar surface area (TPSA) is 35.5 Å². The predicted octanol–water partition coefficient (Wildman–Crippen LogP) is 4.69. The van der Waals surface area contributed by atoms with Crippen molar-refractivity contribution in [3.05, 3.63) is 0 Å². The van der Waals surface area contributed by atoms with E-state index in [1.807, 2.05) is 6.92 Å². The van der Waals surface area contributed by atoms with E-state index in [1.165, 1.54) is 13.5 Å². The number of methoxy groups -OCH3 is 2. The molecular weight excluding hydrogens is 252 g/mol. The Labute approximate surface area is 126 Å². The van der Waals surface area contributed by atoms with Crippen LogP contribution in [0.15, 0.2) is 0 Å². The fraction of sp³-hybridized carbons (Fsp3) is 0.941. The van der Waals surface area contributed by atoms with Gasteiger partial charge in [-0.2, -0.15) is 0 Å². The smallest absolute Gasteiger partial charge is 0.308 e. The monoisotopic (exact) mass is 288 g/mol. The zero-order valence-electron chi connectivity index (χ0n) is 14.9. The molecule has 2 unspecified atom stereocenters. The molecule has 0 fully saturated rings. The highest BCUT2D eigenvalue weighted by Crippen LogP contribution is 2.16. The lowest BCUT2D eigenvalue weighted by molar-refractivity contribution is -0.146. The number of esters is 1. The molecule has 0 aliphatic heterocycles. The van der Waals surface area contributed by atoms with Crippen LogP contribution in [0, 0.1) is 17.8 Å². The molecule has 0 aromatic carbocycles. The maximum Gasteiger partial charge on any atom is 0.308 e. The minimum absolute atomic E-state index is 0.0683. The van der Waals surface area contributed by atoms with E-state index in [0.717, 1.165) is 25.2 Å². The second-order valence-corrected chi connectivity index (χ2v) is 6.15. The third-order valence-electron chi connectivity index (χ3n) is 3.31. The maximum absolute atomic E-state index is 11.1. The molecule has 0 aromatic heterocycles. The van der Waals surface area contributed by atoms with Crippen molar-refractivity contribution < 1.29 is 14.3 Å². The first-order valence-corrected chi connectivity index (χ1v) is 7.92. The minimum atomic E-state index is -0.0683. The Bertz CT molecular complexity index is 220. The Morgan fingerprint density at radius 2 is 1.40 bits per heavy atom. The zero-order valence-corrected chi connectivity index (χ0v) is 14.9. The van der Waals surface area contributed by atoms with Gasteiger partial charge in [-0.15, -0.1) is 0 Å². The van der Waals surface area contributed by atoms with E-state index in [-0.39, 0.29) is 11.9 Å². The Morgan fingerprint density at radius 1 is 0.900 bits per heavy atom. The molecule has 3 heteroatoms. The second kappa shape index (κ2) is 13.4. The Balaban J connectivity index is 0. The molecule has 0 aliphatic rings. The summed E-state index contributed by atoms with van der Waals surface area (Å²) >= 11 is 0. The number of hydrogen-bond donors (Lipinski definition) is 0. The molecule has 0 radical (unpaired) electrons. The first kappa shape index (κ1) is 21.7. The van der Waals surface area contributed by atoms with Crippen molar-refractivity contribution in [1.82, 2.24) is 0 Å². The van der Waals surface area contributed by atoms with E-state index in [4.69, 9.17) is 4.74 Å². The van der Waals surface area contributed by atoms with Crippen LogP contribution in [0.4, 0.5) is 0 Å². The molecule has 122 valence electrons. The summed E-state index contributed by atoms with van der Waals surface area (Å²) < 4.78 is 9.88. The molecule has 0 aliphatic carbocycles. The first-order chi connectivity index (χ1) is 9.31. The normalized spacial score (nSPS) is 13.7. The third kappa shape index (κ3) is 12.5. The summed E-state index contributed by atoms with van der Waals surface area (Å²) in [6.45, 7) is 12.9. The molecule has 0 aromatic rings. The second-order valence-electron chi connectivity index (χ2n) is 6.15. The largest absolute Gasteiger partial charge is 0.469 e. The molecule has 0 rings (SSSR count). The summed E-state index contributed by atoms with van der Waals surface area (Å²) in [5.74, 6) is 1.36. The van der Waals surface area contributed by atoms with Crippen LogP contribution < -0.4 is 0 Å². The van der Waals surface area contributed by atoms with Crippen molar-refractivity contribution in [2.45, 2.75) is 73.3 Å². The van der Waals surface area contributed by atoms with E-state index < -0.39 is 0 Å². The average molecular weight is 288 g/mol. The predicted molar refractivity (Wildman–Crippen MR) is 85.8 cm³/mol. The lowest BCUT2D eigenvalue weighted by Gasteiger charge is -2.14. The summed E-state index contributed by atoms with van der Waals surface area (Å²) in [5, 5.41) is 0. The summed E-state index contributed by atoms with van der Waals surface area (Å²) in [4.78, 5) is 11.1. The van der Waals surface area contributed by atoms with Gasteiger partial charge in [0.2, 0.25) is 0 Å². The van der Waals surface area contributed by atoms with Crippen molar-refractivity contribution in [3.63, 3.8) is 0 Å². The van der Waals surface area contributed by atoms with Gasteiger partial charge in [-0.25, -0.2) is 0 Å². The van der Waals surface area contributed by atoms with Crippen LogP contribution in [-0.2, 0) is 14.3 Å². The molecule has 2 atom stereocenters. The highest BCUT2D eigenvalue weighted by molar-refractivity contribution is 5.72. The summed E-state index contributed by atoms with van der Waals surface area (Å²) in [6, 6.07) is 0. The lowest BCUT2D eigenvalue weighted by Crippen LogP contribution is -2.17. The molecule has 0 bridgehead atoms. The molecule has 0 spiro atoms. The van der Waals surface area contributed by atoms with Crippen LogP contribution in [0.3, 0.4) is 0 Å². The van der Waals surface area contributed by atoms with Gasteiger partial charge in [0.25, 0.3) is 0 Å². The number of rotatable bonds is 8. The van der Waals surface area contributed by atoms with Crippen LogP contribution in [0.5, 0.6) is 0 Å². The van der Waals surface area contributed by atoms with Gasteiger partial charge in [-0.05, 0) is 37.5 Å². The number of carbonyl (C=O) groups excluding carboxylic acids is 1. The first-order valence-electron chi connectivity index (χ1n) is 7.92. The molecule has 0 saturated heterocycles. The average Bonchev–Trinajstić information content (AvgIpc) is 2.41. The molecule has 20 heavy (non-hydrogen) atoms. The van der Waals surface area contributed by atoms with E-state index in [2.05, 4.69) is 39.4 Å². The van der Waals surface area contributed by atoms with E-state index >= 15 is 0 Å². The molecule has 0 heterocycles. The summed E-state index contributed by atoms with van der Waals surface area (Å²) in [7, 11) is 3.24. The van der Waals surface area contributed by atoms with Crippen LogP contribution in [0.25, 0.3) is 0 Å². The van der Waals surface area contributed by atoms with Crippen molar-refractivity contribution in [3.8, 4) is 0 Å². The van der Waals surface area contributed by atoms with Gasteiger partial charge in [-0.3, -0.25) is 4.79 Å². The van der Waals surface area contributed by atoms with Crippen LogP contribution >= 0.6 is 0 Å². The highest BCUT2D eigenvalue weighted by atomic mass is 16.5. The number of hydrogen-bond acceptors (Lipinski definition) is 3. The van der Waals surface area contributed by atoms with E-state index in [9.17, 15) is 4.79 Å². The zero-order chi connectivity index (χ0) is 16.1. The Kier molecular flexibility index (Phi) is 14.6. The highest BCUT2D eigenvalue weighted by Gasteiger charge is 2.17. The van der Waals surface area contributed by atoms with Crippen molar-refractivity contribution in [2.75, 3.05) is 14.2 Å². The Morgan fingerprint density at radius 3 is 1.60 bits per heavy atom. The minimum Gasteiger partial charge on any atom is -0.469 e. The molecule has 0 N–H and O–H groups in total. The maximum atomic E-state index is 11.1. The van der Waals surface area contributed by atoms with Gasteiger partial charge >= 0.3 is 5.97 Å². The van der Waals surface area contributed by atoms with Crippen molar-refractivity contribution >= 4 is 5.97 Å². The fourth-order valence-corrected chi connectivity index (χ4v) is 2.12. The van der Waals surface area contributed by atoms with Crippen LogP contribution in [-0.4, -0.2) is 26.3 Å². The van der Waals surface area contributed by atoms with Crippen LogP contribution in [0.1, 0.15) is 67.2 Å². The summed E-state index contributed by atoms with van der Waals surface area (Å²) in [5.41, 5.74) is 0. The van der Waals surface area contributed by atoms with Gasteiger partial charge in [0.05, 0.1) is 19.1 Å². The molecule has 0 amide bonds. The molecule has 3 nitrogen and oxygen atoms in total. The van der Waals surface area contributed by atoms with Crippen molar-refractivity contribution in [2.24, 2.45) is 17.8 Å². The lowest BCUT2D eigenvalue weighted by atomic mass is 9.95. The van der Waals surface area contributed by atoms with Gasteiger partial charge in [0.15, 0.2) is 0 Å². The SMILES string of the molecule is CCC(CC(C)C)C(=O)OC.CCC(CC(C)C)OC. The van der Waals surface area contributed by atoms with Crippen molar-refractivity contribution in [1.29, 1.82) is 0 Å². The molecule has 0 saturated carbocycles. The third-order valence-corrected chi connectivity index (χ3v) is 3.31. The number of carbonyl (C=O) groups is 1. The summed E-state index contributed by atoms with van der Waals surface area (Å²) in [6.07, 6.45) is 4.61. The Hall–Kier alpha value is -0.570. The standard InChI is InChI=1S/C9H18O2.C8H18O/c1-5-8(6-7(2)3)9(10)11-4;1-5-8(9-4)6-7(2)3/h7-8H,5-6H2,1-4H3;7-8H,5-6H2,1-4H3. The van der Waals surface area contributed by atoms with Gasteiger partial charge < -0.3 is 9.47 Å². The molecular formula is C17H36O3. The van der Waals surface area contributed by atoms with Gasteiger partial charge in [0.1, 0.15) is 0 Å². The van der Waals surface area contributed by atoms with Gasteiger partial charge in [-0.1, -0.05) is 41.5 Å². The fourth-order valence-electron chi connectivity index (χ4n) is 2.12. The van der Waals surface area contributed by atoms with E-state index in [0.29, 0.717) is 12.0 Å². The van der Waals surface area contributed by atoms with E-state index in [1.54, 1.807) is 7.11 Å². The number of ether oxygens (including phenoxy) is 2.